The molecule has 120 valence electrons. The lowest BCUT2D eigenvalue weighted by Crippen LogP contribution is -3.00. The maximum absolute atomic E-state index is 12.3. The molecule has 1 N–H and O–H groups in total. The van der Waals surface area contributed by atoms with Gasteiger partial charge >= 0.3 is 0 Å². The molecule has 24 heavy (non-hydrogen) atoms. The van der Waals surface area contributed by atoms with Gasteiger partial charge in [0.15, 0.2) is 0 Å². The summed E-state index contributed by atoms with van der Waals surface area (Å²) >= 11 is 0. The fourth-order valence-corrected chi connectivity index (χ4v) is 2.76. The molecule has 0 radical (unpaired) electrons. The Balaban J connectivity index is 0.00000169. The largest absolute Gasteiger partial charge is 1.00 e. The number of imidazole rings is 1. The minimum Gasteiger partial charge on any atom is -1.00 e. The van der Waals surface area contributed by atoms with Gasteiger partial charge in [0, 0.05) is 5.56 Å². The summed E-state index contributed by atoms with van der Waals surface area (Å²) in [6.07, 6.45) is 5.78. The minimum absolute atomic E-state index is 0. The van der Waals surface area contributed by atoms with E-state index in [0.29, 0.717) is 5.52 Å². The fraction of sp³-hybridized carbons (Fsp3) is 0.0526. The van der Waals surface area contributed by atoms with E-state index >= 15 is 0 Å². The Labute approximate surface area is 149 Å². The van der Waals surface area contributed by atoms with E-state index in [4.69, 9.17) is 0 Å². The van der Waals surface area contributed by atoms with E-state index in [2.05, 4.69) is 17.1 Å². The predicted molar refractivity (Wildman–Crippen MR) is 89.2 cm³/mol. The Morgan fingerprint density at radius 3 is 2.33 bits per heavy atom. The van der Waals surface area contributed by atoms with Crippen LogP contribution in [0, 0.1) is 0 Å². The van der Waals surface area contributed by atoms with Crippen LogP contribution in [0.5, 0.6) is 0 Å². The van der Waals surface area contributed by atoms with Gasteiger partial charge in [-0.05, 0) is 5.56 Å². The van der Waals surface area contributed by atoms with Crippen molar-refractivity contribution in [2.45, 2.75) is 6.54 Å². The zero-order valence-corrected chi connectivity index (χ0v) is 14.5. The molecule has 0 atom stereocenters. The minimum atomic E-state index is -0.0850. The van der Waals surface area contributed by atoms with Crippen molar-refractivity contribution in [1.29, 1.82) is 0 Å². The van der Waals surface area contributed by atoms with Crippen molar-refractivity contribution < 1.29 is 21.5 Å². The van der Waals surface area contributed by atoms with Crippen LogP contribution in [0.4, 0.5) is 0 Å². The van der Waals surface area contributed by atoms with Gasteiger partial charge in [-0.15, -0.1) is 0 Å². The fourth-order valence-electron chi connectivity index (χ4n) is 2.76. The normalized spacial score (nSPS) is 10.5. The number of nitrogens with one attached hydrogen (secondary N) is 1. The van der Waals surface area contributed by atoms with E-state index in [-0.39, 0.29) is 22.5 Å². The molecule has 0 unspecified atom stereocenters. The third kappa shape index (κ3) is 3.16. The molecule has 0 aliphatic heterocycles. The van der Waals surface area contributed by atoms with Crippen LogP contribution in [0.15, 0.2) is 84.2 Å². The van der Waals surface area contributed by atoms with Crippen molar-refractivity contribution in [3.63, 3.8) is 0 Å². The average molecular weight is 382 g/mol. The number of halogens is 1. The molecule has 0 aliphatic rings. The second-order valence-corrected chi connectivity index (χ2v) is 5.56. The first-order chi connectivity index (χ1) is 11.3. The molecule has 2 aromatic heterocycles. The summed E-state index contributed by atoms with van der Waals surface area (Å²) in [4.78, 5) is 15.3. The number of nitrogens with zero attached hydrogens (tertiary/aromatic N) is 2. The van der Waals surface area contributed by atoms with Gasteiger partial charge in [-0.25, -0.2) is 4.57 Å². The van der Waals surface area contributed by atoms with Crippen LogP contribution in [-0.2, 0) is 6.54 Å². The Kier molecular flexibility index (Phi) is 4.62. The SMILES string of the molecule is O=c1[nH]c(-c2ccccc2)cn2c[n+](Cc3ccccc3)cc12.[Br-]. The number of hydrogen-bond acceptors (Lipinski definition) is 1. The highest BCUT2D eigenvalue weighted by Crippen LogP contribution is 2.14. The molecule has 0 fully saturated rings. The number of aromatic nitrogens is 3. The summed E-state index contributed by atoms with van der Waals surface area (Å²) in [6.45, 7) is 0.739. The Morgan fingerprint density at radius 2 is 1.62 bits per heavy atom. The van der Waals surface area contributed by atoms with Crippen LogP contribution in [0.2, 0.25) is 0 Å². The zero-order valence-electron chi connectivity index (χ0n) is 12.9. The van der Waals surface area contributed by atoms with Crippen molar-refractivity contribution in [1.82, 2.24) is 9.38 Å². The van der Waals surface area contributed by atoms with Gasteiger partial charge in [-0.1, -0.05) is 60.7 Å². The van der Waals surface area contributed by atoms with Crippen LogP contribution in [0.1, 0.15) is 5.56 Å². The topological polar surface area (TPSA) is 41.1 Å². The lowest BCUT2D eigenvalue weighted by Gasteiger charge is -1.98. The molecule has 0 aliphatic carbocycles. The van der Waals surface area contributed by atoms with Gasteiger partial charge in [0.2, 0.25) is 11.8 Å². The molecular weight excluding hydrogens is 366 g/mol. The summed E-state index contributed by atoms with van der Waals surface area (Å²) in [5.41, 5.74) is 3.56. The van der Waals surface area contributed by atoms with Crippen LogP contribution in [0.25, 0.3) is 16.8 Å². The second kappa shape index (κ2) is 6.84. The first kappa shape index (κ1) is 16.2. The van der Waals surface area contributed by atoms with Crippen molar-refractivity contribution >= 4 is 5.52 Å². The number of aromatic amines is 1. The highest BCUT2D eigenvalue weighted by molar-refractivity contribution is 5.59. The van der Waals surface area contributed by atoms with Crippen LogP contribution >= 0.6 is 0 Å². The van der Waals surface area contributed by atoms with Crippen LogP contribution in [0.3, 0.4) is 0 Å². The summed E-state index contributed by atoms with van der Waals surface area (Å²) in [5, 5.41) is 0. The maximum Gasteiger partial charge on any atom is 0.299 e. The molecule has 4 aromatic rings. The predicted octanol–water partition coefficient (Wildman–Crippen LogP) is -0.366. The standard InChI is InChI=1S/C19H15N3O.BrH/c23-19-18-13-21(11-15-7-3-1-4-8-15)14-22(18)12-17(20-19)16-9-5-2-6-10-16;/h1-10,12-14H,11H2;1H. The van der Waals surface area contributed by atoms with Gasteiger partial charge in [0.25, 0.3) is 5.56 Å². The average Bonchev–Trinajstić information content (AvgIpc) is 2.99. The third-order valence-electron chi connectivity index (χ3n) is 3.88. The molecule has 2 aromatic carbocycles. The van der Waals surface area contributed by atoms with Crippen LogP contribution in [-0.4, -0.2) is 9.38 Å². The monoisotopic (exact) mass is 381 g/mol. The van der Waals surface area contributed by atoms with Gasteiger partial charge in [-0.3, -0.25) is 4.79 Å². The number of benzene rings is 2. The van der Waals surface area contributed by atoms with E-state index in [1.54, 1.807) is 0 Å². The van der Waals surface area contributed by atoms with Crippen molar-refractivity contribution in [3.8, 4) is 11.3 Å². The third-order valence-corrected chi connectivity index (χ3v) is 3.88. The highest BCUT2D eigenvalue weighted by Gasteiger charge is 2.13. The summed E-state index contributed by atoms with van der Waals surface area (Å²) in [6, 6.07) is 20.1. The molecule has 4 nitrogen and oxygen atoms in total. The first-order valence-electron chi connectivity index (χ1n) is 7.53. The Bertz CT molecular complexity index is 1010. The van der Waals surface area contributed by atoms with E-state index < -0.39 is 0 Å². The highest BCUT2D eigenvalue weighted by atomic mass is 79.9. The van der Waals surface area contributed by atoms with Crippen LogP contribution < -0.4 is 27.1 Å². The molecule has 4 rings (SSSR count). The lowest BCUT2D eigenvalue weighted by molar-refractivity contribution is -0.686. The first-order valence-corrected chi connectivity index (χ1v) is 7.53. The molecule has 0 saturated heterocycles. The van der Waals surface area contributed by atoms with E-state index in [1.165, 1.54) is 5.56 Å². The van der Waals surface area contributed by atoms with Gasteiger partial charge in [0.05, 0.1) is 5.69 Å². The van der Waals surface area contributed by atoms with E-state index in [9.17, 15) is 4.79 Å². The number of hydrogen-bond donors (Lipinski definition) is 1. The summed E-state index contributed by atoms with van der Waals surface area (Å²) < 4.78 is 3.90. The van der Waals surface area contributed by atoms with Crippen molar-refractivity contribution in [3.05, 3.63) is 95.3 Å². The molecular formula is C19H16BrN3O. The van der Waals surface area contributed by atoms with Gasteiger partial charge in [-0.2, -0.15) is 4.40 Å². The van der Waals surface area contributed by atoms with Crippen molar-refractivity contribution in [2.24, 2.45) is 0 Å². The van der Waals surface area contributed by atoms with Gasteiger partial charge in [0.1, 0.15) is 18.9 Å². The maximum atomic E-state index is 12.3. The van der Waals surface area contributed by atoms with Crippen molar-refractivity contribution in [2.75, 3.05) is 0 Å². The van der Waals surface area contributed by atoms with E-state index in [0.717, 1.165) is 17.8 Å². The summed E-state index contributed by atoms with van der Waals surface area (Å²) in [7, 11) is 0. The Hall–Kier alpha value is -2.66. The lowest BCUT2D eigenvalue weighted by atomic mass is 10.2. The molecule has 0 spiro atoms. The number of fused-ring (bicyclic) bond motifs is 1. The quantitative estimate of drug-likeness (QED) is 0.483. The smallest absolute Gasteiger partial charge is 0.299 e. The van der Waals surface area contributed by atoms with Gasteiger partial charge < -0.3 is 22.0 Å². The number of rotatable bonds is 3. The molecule has 0 amide bonds. The van der Waals surface area contributed by atoms with E-state index in [1.807, 2.05) is 76.2 Å². The Morgan fingerprint density at radius 1 is 0.958 bits per heavy atom. The summed E-state index contributed by atoms with van der Waals surface area (Å²) in [5.74, 6) is 0. The molecule has 5 heteroatoms. The number of H-pyrrole nitrogens is 1. The second-order valence-electron chi connectivity index (χ2n) is 5.56. The zero-order chi connectivity index (χ0) is 15.6. The molecule has 2 heterocycles. The molecule has 0 saturated carbocycles. The molecule has 0 bridgehead atoms.